The largest absolute Gasteiger partial charge is 0.299 e. The number of hydrogen-bond donors (Lipinski definition) is 0. The Kier molecular flexibility index (Phi) is 3.20. The molecule has 2 aromatic rings. The summed E-state index contributed by atoms with van der Waals surface area (Å²) in [4.78, 5) is 8.53. The first-order chi connectivity index (χ1) is 10.2. The minimum Gasteiger partial charge on any atom is -0.299 e. The second-order valence-corrected chi connectivity index (χ2v) is 7.35. The standard InChI is InChI=1S/C18H20N2S/c1-12(2)20-10-14(11-20)18-19-9-17(21-18)16-8-4-6-13-5-3-7-15(13)16/h3-4,6-9,12,14H,5,10-11H2,1-2H3. The molecule has 0 saturated carbocycles. The van der Waals surface area contributed by atoms with Gasteiger partial charge in [-0.05, 0) is 31.4 Å². The average molecular weight is 296 g/mol. The molecule has 1 aliphatic heterocycles. The minimum absolute atomic E-state index is 0.637. The van der Waals surface area contributed by atoms with E-state index in [1.807, 2.05) is 11.3 Å². The Labute approximate surface area is 130 Å². The highest BCUT2D eigenvalue weighted by atomic mass is 32.1. The van der Waals surface area contributed by atoms with Gasteiger partial charge in [0.25, 0.3) is 0 Å². The van der Waals surface area contributed by atoms with Gasteiger partial charge >= 0.3 is 0 Å². The van der Waals surface area contributed by atoms with E-state index < -0.39 is 0 Å². The van der Waals surface area contributed by atoms with Crippen molar-refractivity contribution in [2.24, 2.45) is 0 Å². The van der Waals surface area contributed by atoms with E-state index in [0.717, 1.165) is 19.5 Å². The molecule has 0 amide bonds. The fourth-order valence-electron chi connectivity index (χ4n) is 3.20. The van der Waals surface area contributed by atoms with Gasteiger partial charge in [0.1, 0.15) is 0 Å². The van der Waals surface area contributed by atoms with Gasteiger partial charge in [-0.1, -0.05) is 30.4 Å². The molecule has 1 saturated heterocycles. The zero-order chi connectivity index (χ0) is 14.4. The molecule has 2 nitrogen and oxygen atoms in total. The Morgan fingerprint density at radius 3 is 2.95 bits per heavy atom. The highest BCUT2D eigenvalue weighted by molar-refractivity contribution is 7.15. The average Bonchev–Trinajstić information content (AvgIpc) is 3.04. The number of benzene rings is 1. The summed E-state index contributed by atoms with van der Waals surface area (Å²) >= 11 is 1.88. The number of thiazole rings is 1. The molecule has 1 aliphatic carbocycles. The van der Waals surface area contributed by atoms with Gasteiger partial charge in [-0.25, -0.2) is 4.98 Å². The predicted octanol–water partition coefficient (Wildman–Crippen LogP) is 4.19. The molecule has 0 atom stereocenters. The van der Waals surface area contributed by atoms with Gasteiger partial charge in [-0.3, -0.25) is 4.90 Å². The summed E-state index contributed by atoms with van der Waals surface area (Å²) in [5.74, 6) is 0.637. The zero-order valence-electron chi connectivity index (χ0n) is 12.5. The van der Waals surface area contributed by atoms with Crippen LogP contribution in [0.1, 0.15) is 35.9 Å². The Morgan fingerprint density at radius 2 is 2.14 bits per heavy atom. The second kappa shape index (κ2) is 5.08. The molecule has 3 heteroatoms. The van der Waals surface area contributed by atoms with Crippen LogP contribution >= 0.6 is 11.3 Å². The molecule has 0 N–H and O–H groups in total. The van der Waals surface area contributed by atoms with E-state index in [9.17, 15) is 0 Å². The molecule has 0 radical (unpaired) electrons. The van der Waals surface area contributed by atoms with Crippen molar-refractivity contribution in [1.82, 2.24) is 9.88 Å². The normalized spacial score (nSPS) is 18.2. The molecular weight excluding hydrogens is 276 g/mol. The Morgan fingerprint density at radius 1 is 1.29 bits per heavy atom. The molecule has 1 fully saturated rings. The van der Waals surface area contributed by atoms with Crippen LogP contribution in [0.2, 0.25) is 0 Å². The molecule has 1 aromatic heterocycles. The van der Waals surface area contributed by atoms with Gasteiger partial charge in [0.15, 0.2) is 0 Å². The second-order valence-electron chi connectivity index (χ2n) is 6.29. The van der Waals surface area contributed by atoms with Crippen molar-refractivity contribution in [2.45, 2.75) is 32.2 Å². The summed E-state index contributed by atoms with van der Waals surface area (Å²) in [5, 5.41) is 1.31. The van der Waals surface area contributed by atoms with Crippen LogP contribution in [-0.4, -0.2) is 29.0 Å². The van der Waals surface area contributed by atoms with Crippen molar-refractivity contribution in [3.63, 3.8) is 0 Å². The first-order valence-corrected chi connectivity index (χ1v) is 8.52. The molecule has 2 aliphatic rings. The van der Waals surface area contributed by atoms with Crippen LogP contribution in [-0.2, 0) is 6.42 Å². The highest BCUT2D eigenvalue weighted by Gasteiger charge is 2.31. The Hall–Kier alpha value is -1.45. The number of likely N-dealkylation sites (tertiary alicyclic amines) is 1. The monoisotopic (exact) mass is 296 g/mol. The summed E-state index contributed by atoms with van der Waals surface area (Å²) < 4.78 is 0. The highest BCUT2D eigenvalue weighted by Crippen LogP contribution is 2.38. The minimum atomic E-state index is 0.637. The van der Waals surface area contributed by atoms with Crippen LogP contribution in [0.4, 0.5) is 0 Å². The van der Waals surface area contributed by atoms with Gasteiger partial charge in [-0.2, -0.15) is 0 Å². The van der Waals surface area contributed by atoms with Crippen molar-refractivity contribution in [3.05, 3.63) is 46.6 Å². The van der Waals surface area contributed by atoms with Crippen molar-refractivity contribution in [3.8, 4) is 10.4 Å². The summed E-state index contributed by atoms with van der Waals surface area (Å²) in [6.45, 7) is 6.86. The van der Waals surface area contributed by atoms with Gasteiger partial charge < -0.3 is 0 Å². The van der Waals surface area contributed by atoms with E-state index in [4.69, 9.17) is 4.98 Å². The van der Waals surface area contributed by atoms with E-state index in [1.165, 1.54) is 26.6 Å². The first-order valence-electron chi connectivity index (χ1n) is 7.71. The van der Waals surface area contributed by atoms with E-state index in [-0.39, 0.29) is 0 Å². The van der Waals surface area contributed by atoms with Gasteiger partial charge in [0, 0.05) is 36.8 Å². The van der Waals surface area contributed by atoms with Crippen molar-refractivity contribution in [1.29, 1.82) is 0 Å². The van der Waals surface area contributed by atoms with Crippen LogP contribution in [0.5, 0.6) is 0 Å². The molecule has 108 valence electrons. The lowest BCUT2D eigenvalue weighted by molar-refractivity contribution is 0.110. The number of fused-ring (bicyclic) bond motifs is 1. The van der Waals surface area contributed by atoms with E-state index in [2.05, 4.69) is 55.3 Å². The van der Waals surface area contributed by atoms with Crippen molar-refractivity contribution < 1.29 is 0 Å². The molecule has 2 heterocycles. The van der Waals surface area contributed by atoms with Gasteiger partial charge in [-0.15, -0.1) is 11.3 Å². The smallest absolute Gasteiger partial charge is 0.0987 e. The molecule has 0 bridgehead atoms. The molecule has 0 unspecified atom stereocenters. The fourth-order valence-corrected chi connectivity index (χ4v) is 4.24. The van der Waals surface area contributed by atoms with Crippen LogP contribution in [0.3, 0.4) is 0 Å². The maximum atomic E-state index is 4.70. The maximum absolute atomic E-state index is 4.70. The quantitative estimate of drug-likeness (QED) is 0.844. The number of hydrogen-bond acceptors (Lipinski definition) is 3. The lowest BCUT2D eigenvalue weighted by atomic mass is 9.99. The number of rotatable bonds is 3. The summed E-state index contributed by atoms with van der Waals surface area (Å²) in [6, 6.07) is 7.29. The van der Waals surface area contributed by atoms with Gasteiger partial charge in [0.2, 0.25) is 0 Å². The summed E-state index contributed by atoms with van der Waals surface area (Å²) in [7, 11) is 0. The lowest BCUT2D eigenvalue weighted by Gasteiger charge is -2.41. The molecule has 4 rings (SSSR count). The predicted molar refractivity (Wildman–Crippen MR) is 89.7 cm³/mol. The van der Waals surface area contributed by atoms with Crippen molar-refractivity contribution in [2.75, 3.05) is 13.1 Å². The first kappa shape index (κ1) is 13.2. The number of allylic oxidation sites excluding steroid dienone is 1. The Bertz CT molecular complexity index is 693. The fraction of sp³-hybridized carbons (Fsp3) is 0.389. The molecular formula is C18H20N2S. The van der Waals surface area contributed by atoms with E-state index in [1.54, 1.807) is 0 Å². The van der Waals surface area contributed by atoms with Crippen LogP contribution < -0.4 is 0 Å². The maximum Gasteiger partial charge on any atom is 0.0987 e. The van der Waals surface area contributed by atoms with Crippen LogP contribution in [0.25, 0.3) is 16.5 Å². The van der Waals surface area contributed by atoms with E-state index in [0.29, 0.717) is 12.0 Å². The summed E-state index contributed by atoms with van der Waals surface area (Å²) in [5.41, 5.74) is 4.19. The lowest BCUT2D eigenvalue weighted by Crippen LogP contribution is -2.48. The van der Waals surface area contributed by atoms with E-state index >= 15 is 0 Å². The Balaban J connectivity index is 1.59. The van der Waals surface area contributed by atoms with Gasteiger partial charge in [0.05, 0.1) is 9.88 Å². The third-order valence-electron chi connectivity index (χ3n) is 4.60. The zero-order valence-corrected chi connectivity index (χ0v) is 13.4. The van der Waals surface area contributed by atoms with Crippen molar-refractivity contribution >= 4 is 17.4 Å². The third-order valence-corrected chi connectivity index (χ3v) is 5.79. The molecule has 21 heavy (non-hydrogen) atoms. The molecule has 1 aromatic carbocycles. The SMILES string of the molecule is CC(C)N1CC(c2ncc(-c3cccc4c3C=CC4)s2)C1. The topological polar surface area (TPSA) is 16.1 Å². The number of nitrogens with zero attached hydrogens (tertiary/aromatic N) is 2. The van der Waals surface area contributed by atoms with Crippen LogP contribution in [0, 0.1) is 0 Å². The van der Waals surface area contributed by atoms with Crippen LogP contribution in [0.15, 0.2) is 30.5 Å². The summed E-state index contributed by atoms with van der Waals surface area (Å²) in [6.07, 6.45) is 7.65. The molecule has 0 spiro atoms. The third kappa shape index (κ3) is 2.25. The number of aromatic nitrogens is 1.